The number of ether oxygens (including phenoxy) is 2. The standard InChI is InChI=1S/C20H21F2NO4/c1-13-5-3-6-16(11-13)26-10-4-7-19(24)27-14(2)20(25)23-18-12-15(21)8-9-17(18)22/h3,5-6,8-9,11-12,14H,4,7,10H2,1-2H3,(H,23,25). The molecule has 0 aliphatic carbocycles. The van der Waals surface area contributed by atoms with Gasteiger partial charge in [0.15, 0.2) is 6.10 Å². The molecule has 1 unspecified atom stereocenters. The normalized spacial score (nSPS) is 11.6. The Balaban J connectivity index is 1.72. The van der Waals surface area contributed by atoms with E-state index in [9.17, 15) is 18.4 Å². The summed E-state index contributed by atoms with van der Waals surface area (Å²) < 4.78 is 37.2. The Kier molecular flexibility index (Phi) is 7.28. The Labute approximate surface area is 156 Å². The average molecular weight is 377 g/mol. The van der Waals surface area contributed by atoms with Crippen molar-refractivity contribution >= 4 is 17.6 Å². The van der Waals surface area contributed by atoms with Gasteiger partial charge in [-0.1, -0.05) is 12.1 Å². The van der Waals surface area contributed by atoms with Crippen LogP contribution in [0.4, 0.5) is 14.5 Å². The highest BCUT2D eigenvalue weighted by atomic mass is 19.1. The van der Waals surface area contributed by atoms with Gasteiger partial charge in [-0.15, -0.1) is 0 Å². The molecule has 0 aromatic heterocycles. The van der Waals surface area contributed by atoms with Gasteiger partial charge < -0.3 is 14.8 Å². The minimum absolute atomic E-state index is 0.0672. The molecule has 0 spiro atoms. The number of nitrogens with one attached hydrogen (secondary N) is 1. The van der Waals surface area contributed by atoms with Gasteiger partial charge in [0.2, 0.25) is 0 Å². The number of benzene rings is 2. The van der Waals surface area contributed by atoms with E-state index in [1.165, 1.54) is 6.92 Å². The van der Waals surface area contributed by atoms with E-state index in [1.807, 2.05) is 31.2 Å². The zero-order chi connectivity index (χ0) is 19.8. The first-order valence-electron chi connectivity index (χ1n) is 8.50. The number of esters is 1. The fourth-order valence-electron chi connectivity index (χ4n) is 2.25. The fourth-order valence-corrected chi connectivity index (χ4v) is 2.25. The predicted molar refractivity (Wildman–Crippen MR) is 96.4 cm³/mol. The van der Waals surface area contributed by atoms with Crippen LogP contribution in [0.1, 0.15) is 25.3 Å². The Bertz CT molecular complexity index is 810. The molecular formula is C20H21F2NO4. The van der Waals surface area contributed by atoms with Gasteiger partial charge >= 0.3 is 5.97 Å². The maximum atomic E-state index is 13.5. The van der Waals surface area contributed by atoms with Gasteiger partial charge in [0.25, 0.3) is 5.91 Å². The van der Waals surface area contributed by atoms with Crippen LogP contribution in [-0.4, -0.2) is 24.6 Å². The van der Waals surface area contributed by atoms with Crippen LogP contribution in [-0.2, 0) is 14.3 Å². The van der Waals surface area contributed by atoms with Gasteiger partial charge in [-0.25, -0.2) is 8.78 Å². The average Bonchev–Trinajstić information content (AvgIpc) is 2.62. The number of carbonyl (C=O) groups is 2. The summed E-state index contributed by atoms with van der Waals surface area (Å²) >= 11 is 0. The minimum atomic E-state index is -1.14. The van der Waals surface area contributed by atoms with Crippen LogP contribution in [0.15, 0.2) is 42.5 Å². The van der Waals surface area contributed by atoms with E-state index in [-0.39, 0.29) is 12.1 Å². The van der Waals surface area contributed by atoms with Crippen molar-refractivity contribution in [2.45, 2.75) is 32.8 Å². The van der Waals surface area contributed by atoms with Crippen molar-refractivity contribution in [2.24, 2.45) is 0 Å². The zero-order valence-electron chi connectivity index (χ0n) is 15.1. The zero-order valence-corrected chi connectivity index (χ0v) is 15.1. The highest BCUT2D eigenvalue weighted by Gasteiger charge is 2.19. The molecule has 0 fully saturated rings. The smallest absolute Gasteiger partial charge is 0.306 e. The Morgan fingerprint density at radius 1 is 1.15 bits per heavy atom. The van der Waals surface area contributed by atoms with Crippen molar-refractivity contribution in [1.82, 2.24) is 0 Å². The van der Waals surface area contributed by atoms with Gasteiger partial charge in [-0.05, 0) is 50.1 Å². The van der Waals surface area contributed by atoms with Crippen molar-refractivity contribution < 1.29 is 27.8 Å². The minimum Gasteiger partial charge on any atom is -0.494 e. The third-order valence-electron chi connectivity index (χ3n) is 3.65. The quantitative estimate of drug-likeness (QED) is 0.558. The van der Waals surface area contributed by atoms with E-state index in [2.05, 4.69) is 5.32 Å². The second kappa shape index (κ2) is 9.66. The van der Waals surface area contributed by atoms with E-state index >= 15 is 0 Å². The number of amides is 1. The number of hydrogen-bond acceptors (Lipinski definition) is 4. The summed E-state index contributed by atoms with van der Waals surface area (Å²) in [4.78, 5) is 23.8. The molecule has 0 bridgehead atoms. The second-order valence-electron chi connectivity index (χ2n) is 6.01. The van der Waals surface area contributed by atoms with E-state index in [1.54, 1.807) is 0 Å². The van der Waals surface area contributed by atoms with Crippen LogP contribution in [0.2, 0.25) is 0 Å². The molecule has 0 aliphatic rings. The molecule has 144 valence electrons. The molecule has 0 saturated carbocycles. The molecule has 27 heavy (non-hydrogen) atoms. The maximum absolute atomic E-state index is 13.5. The SMILES string of the molecule is Cc1cccc(OCCCC(=O)OC(C)C(=O)Nc2cc(F)ccc2F)c1. The highest BCUT2D eigenvalue weighted by molar-refractivity contribution is 5.95. The Hall–Kier alpha value is -2.96. The molecule has 0 aliphatic heterocycles. The lowest BCUT2D eigenvalue weighted by Gasteiger charge is -2.14. The fraction of sp³-hybridized carbons (Fsp3) is 0.300. The number of rotatable bonds is 8. The van der Waals surface area contributed by atoms with Crippen molar-refractivity contribution in [3.05, 3.63) is 59.7 Å². The molecule has 0 radical (unpaired) electrons. The van der Waals surface area contributed by atoms with Crippen LogP contribution >= 0.6 is 0 Å². The number of carbonyl (C=O) groups excluding carboxylic acids is 2. The molecule has 2 aromatic rings. The van der Waals surface area contributed by atoms with Gasteiger partial charge in [-0.3, -0.25) is 9.59 Å². The molecular weight excluding hydrogens is 356 g/mol. The van der Waals surface area contributed by atoms with Gasteiger partial charge in [-0.2, -0.15) is 0 Å². The van der Waals surface area contributed by atoms with Crippen LogP contribution in [0.25, 0.3) is 0 Å². The van der Waals surface area contributed by atoms with Crippen LogP contribution in [0.5, 0.6) is 5.75 Å². The lowest BCUT2D eigenvalue weighted by molar-refractivity contribution is -0.153. The molecule has 2 rings (SSSR count). The van der Waals surface area contributed by atoms with Crippen molar-refractivity contribution in [3.8, 4) is 5.75 Å². The molecule has 1 N–H and O–H groups in total. The van der Waals surface area contributed by atoms with Crippen LogP contribution in [0.3, 0.4) is 0 Å². The summed E-state index contributed by atoms with van der Waals surface area (Å²) in [5.41, 5.74) is 0.760. The molecule has 2 aromatic carbocycles. The summed E-state index contributed by atoms with van der Waals surface area (Å²) in [5, 5.41) is 2.19. The van der Waals surface area contributed by atoms with E-state index in [0.717, 1.165) is 23.8 Å². The Morgan fingerprint density at radius 2 is 1.93 bits per heavy atom. The van der Waals surface area contributed by atoms with Crippen molar-refractivity contribution in [3.63, 3.8) is 0 Å². The topological polar surface area (TPSA) is 64.6 Å². The van der Waals surface area contributed by atoms with E-state index < -0.39 is 29.6 Å². The number of hydrogen-bond donors (Lipinski definition) is 1. The largest absolute Gasteiger partial charge is 0.494 e. The van der Waals surface area contributed by atoms with Gasteiger partial charge in [0, 0.05) is 12.5 Å². The first kappa shape index (κ1) is 20.4. The van der Waals surface area contributed by atoms with E-state index in [4.69, 9.17) is 9.47 Å². The Morgan fingerprint density at radius 3 is 2.67 bits per heavy atom. The summed E-state index contributed by atoms with van der Waals surface area (Å²) in [7, 11) is 0. The van der Waals surface area contributed by atoms with E-state index in [0.29, 0.717) is 18.8 Å². The number of anilines is 1. The molecule has 0 saturated heterocycles. The monoisotopic (exact) mass is 377 g/mol. The summed E-state index contributed by atoms with van der Waals surface area (Å²) in [6.07, 6.45) is -0.657. The van der Waals surface area contributed by atoms with Crippen LogP contribution < -0.4 is 10.1 Å². The van der Waals surface area contributed by atoms with Crippen molar-refractivity contribution in [1.29, 1.82) is 0 Å². The maximum Gasteiger partial charge on any atom is 0.306 e. The second-order valence-corrected chi connectivity index (χ2v) is 6.01. The molecule has 1 atom stereocenters. The van der Waals surface area contributed by atoms with Gasteiger partial charge in [0.1, 0.15) is 17.4 Å². The lowest BCUT2D eigenvalue weighted by Crippen LogP contribution is -2.30. The summed E-state index contributed by atoms with van der Waals surface area (Å²) in [5.74, 6) is -2.08. The number of halogens is 2. The highest BCUT2D eigenvalue weighted by Crippen LogP contribution is 2.16. The van der Waals surface area contributed by atoms with Crippen molar-refractivity contribution in [2.75, 3.05) is 11.9 Å². The first-order chi connectivity index (χ1) is 12.8. The summed E-state index contributed by atoms with van der Waals surface area (Å²) in [6.45, 7) is 3.63. The number of aryl methyl sites for hydroxylation is 1. The lowest BCUT2D eigenvalue weighted by atomic mass is 10.2. The van der Waals surface area contributed by atoms with Crippen LogP contribution in [0, 0.1) is 18.6 Å². The predicted octanol–water partition coefficient (Wildman–Crippen LogP) is 4.00. The third kappa shape index (κ3) is 6.69. The third-order valence-corrected chi connectivity index (χ3v) is 3.65. The molecule has 7 heteroatoms. The summed E-state index contributed by atoms with van der Waals surface area (Å²) in [6, 6.07) is 10.2. The molecule has 0 heterocycles. The van der Waals surface area contributed by atoms with Gasteiger partial charge in [0.05, 0.1) is 12.3 Å². The first-order valence-corrected chi connectivity index (χ1v) is 8.50. The molecule has 1 amide bonds. The molecule has 5 nitrogen and oxygen atoms in total.